The van der Waals surface area contributed by atoms with Gasteiger partial charge in [0.05, 0.1) is 23.8 Å². The van der Waals surface area contributed by atoms with Gasteiger partial charge in [-0.3, -0.25) is 0 Å². The number of benzene rings is 1. The van der Waals surface area contributed by atoms with Gasteiger partial charge in [0.15, 0.2) is 0 Å². The summed E-state index contributed by atoms with van der Waals surface area (Å²) in [4.78, 5) is 14.0. The molecule has 20 heavy (non-hydrogen) atoms. The van der Waals surface area contributed by atoms with Crippen LogP contribution in [0.25, 0.3) is 0 Å². The van der Waals surface area contributed by atoms with Crippen molar-refractivity contribution in [3.05, 3.63) is 22.7 Å². The summed E-state index contributed by atoms with van der Waals surface area (Å²) in [5, 5.41) is 2.89. The van der Waals surface area contributed by atoms with E-state index in [1.807, 2.05) is 32.0 Å². The summed E-state index contributed by atoms with van der Waals surface area (Å²) in [6.07, 6.45) is 0.124. The van der Waals surface area contributed by atoms with Crippen molar-refractivity contribution in [3.63, 3.8) is 0 Å². The number of nitrogens with zero attached hydrogens (tertiary/aromatic N) is 1. The molecule has 6 heteroatoms. The summed E-state index contributed by atoms with van der Waals surface area (Å²) in [5.41, 5.74) is 0.731. The van der Waals surface area contributed by atoms with Crippen LogP contribution >= 0.6 is 15.9 Å². The lowest BCUT2D eigenvalue weighted by Gasteiger charge is -2.35. The number of morpholine rings is 1. The number of carbonyl (C=O) groups excluding carboxylic acids is 1. The molecule has 1 fully saturated rings. The van der Waals surface area contributed by atoms with Crippen molar-refractivity contribution < 1.29 is 14.3 Å². The highest BCUT2D eigenvalue weighted by atomic mass is 79.9. The topological polar surface area (TPSA) is 50.8 Å². The Balaban J connectivity index is 2.02. The number of ether oxygens (including phenoxy) is 2. The Morgan fingerprint density at radius 2 is 2.05 bits per heavy atom. The molecule has 1 N–H and O–H groups in total. The van der Waals surface area contributed by atoms with E-state index in [0.29, 0.717) is 13.1 Å². The third-order valence-electron chi connectivity index (χ3n) is 3.11. The second-order valence-corrected chi connectivity index (χ2v) is 5.80. The molecule has 1 heterocycles. The fourth-order valence-corrected chi connectivity index (χ4v) is 2.83. The fourth-order valence-electron chi connectivity index (χ4n) is 2.29. The van der Waals surface area contributed by atoms with E-state index in [1.165, 1.54) is 0 Å². The van der Waals surface area contributed by atoms with Crippen LogP contribution in [0.2, 0.25) is 0 Å². The highest BCUT2D eigenvalue weighted by molar-refractivity contribution is 9.10. The smallest absolute Gasteiger partial charge is 0.322 e. The Hall–Kier alpha value is -1.27. The maximum absolute atomic E-state index is 12.2. The van der Waals surface area contributed by atoms with Gasteiger partial charge in [-0.2, -0.15) is 0 Å². The molecular weight excluding hydrogens is 324 g/mol. The van der Waals surface area contributed by atoms with Crippen LogP contribution in [0.1, 0.15) is 13.8 Å². The molecule has 1 aromatic rings. The van der Waals surface area contributed by atoms with Gasteiger partial charge in [-0.1, -0.05) is 0 Å². The van der Waals surface area contributed by atoms with E-state index in [9.17, 15) is 4.79 Å². The fraction of sp³-hybridized carbons (Fsp3) is 0.500. The Bertz CT molecular complexity index is 485. The van der Waals surface area contributed by atoms with E-state index < -0.39 is 0 Å². The predicted octanol–water partition coefficient (Wildman–Crippen LogP) is 3.10. The van der Waals surface area contributed by atoms with Crippen molar-refractivity contribution in [1.29, 1.82) is 0 Å². The average Bonchev–Trinajstić information content (AvgIpc) is 2.37. The first-order chi connectivity index (χ1) is 9.49. The summed E-state index contributed by atoms with van der Waals surface area (Å²) < 4.78 is 11.6. The Morgan fingerprint density at radius 1 is 1.40 bits per heavy atom. The SMILES string of the molecule is COc1ccc(NC(=O)N2C[C@@H](C)O[C@H](C)C2)cc1Br. The molecule has 0 radical (unpaired) electrons. The molecule has 1 saturated heterocycles. The zero-order chi connectivity index (χ0) is 14.7. The van der Waals surface area contributed by atoms with Crippen LogP contribution in [0.15, 0.2) is 22.7 Å². The maximum Gasteiger partial charge on any atom is 0.322 e. The molecule has 2 atom stereocenters. The van der Waals surface area contributed by atoms with Crippen molar-refractivity contribution in [3.8, 4) is 5.75 Å². The first kappa shape index (κ1) is 15.1. The van der Waals surface area contributed by atoms with E-state index in [0.717, 1.165) is 15.9 Å². The van der Waals surface area contributed by atoms with Gasteiger partial charge in [-0.25, -0.2) is 4.79 Å². The maximum atomic E-state index is 12.2. The molecule has 0 spiro atoms. The van der Waals surface area contributed by atoms with Crippen LogP contribution in [0.5, 0.6) is 5.75 Å². The third kappa shape index (κ3) is 3.64. The molecule has 0 unspecified atom stereocenters. The molecule has 5 nitrogen and oxygen atoms in total. The second kappa shape index (κ2) is 6.45. The quantitative estimate of drug-likeness (QED) is 0.898. The molecule has 0 aromatic heterocycles. The first-order valence-corrected chi connectivity index (χ1v) is 7.34. The number of hydrogen-bond acceptors (Lipinski definition) is 3. The van der Waals surface area contributed by atoms with Gasteiger partial charge in [-0.05, 0) is 48.0 Å². The van der Waals surface area contributed by atoms with Crippen molar-refractivity contribution in [2.24, 2.45) is 0 Å². The van der Waals surface area contributed by atoms with Gasteiger partial charge in [0.2, 0.25) is 0 Å². The lowest BCUT2D eigenvalue weighted by Crippen LogP contribution is -2.49. The van der Waals surface area contributed by atoms with Crippen LogP contribution in [0.4, 0.5) is 10.5 Å². The van der Waals surface area contributed by atoms with Gasteiger partial charge in [0.1, 0.15) is 5.75 Å². The van der Waals surface area contributed by atoms with Crippen molar-refractivity contribution in [2.45, 2.75) is 26.1 Å². The Morgan fingerprint density at radius 3 is 2.60 bits per heavy atom. The van der Waals surface area contributed by atoms with Crippen molar-refractivity contribution >= 4 is 27.6 Å². The largest absolute Gasteiger partial charge is 0.496 e. The van der Waals surface area contributed by atoms with Crippen LogP contribution < -0.4 is 10.1 Å². The standard InChI is InChI=1S/C14H19BrN2O3/c1-9-7-17(8-10(2)20-9)14(18)16-11-4-5-13(19-3)12(15)6-11/h4-6,9-10H,7-8H2,1-3H3,(H,16,18)/t9-,10-/m1/s1. The second-order valence-electron chi connectivity index (χ2n) is 4.94. The normalized spacial score (nSPS) is 22.5. The van der Waals surface area contributed by atoms with Crippen LogP contribution in [-0.4, -0.2) is 43.3 Å². The number of amides is 2. The lowest BCUT2D eigenvalue weighted by atomic mass is 10.2. The number of urea groups is 1. The van der Waals surface area contributed by atoms with Crippen molar-refractivity contribution in [2.75, 3.05) is 25.5 Å². The van der Waals surface area contributed by atoms with Gasteiger partial charge in [0.25, 0.3) is 0 Å². The monoisotopic (exact) mass is 342 g/mol. The minimum absolute atomic E-state index is 0.0621. The molecule has 1 aliphatic heterocycles. The number of halogens is 1. The molecule has 2 amide bonds. The number of carbonyl (C=O) groups is 1. The highest BCUT2D eigenvalue weighted by Gasteiger charge is 2.25. The number of hydrogen-bond donors (Lipinski definition) is 1. The highest BCUT2D eigenvalue weighted by Crippen LogP contribution is 2.28. The number of nitrogens with one attached hydrogen (secondary N) is 1. The first-order valence-electron chi connectivity index (χ1n) is 6.54. The van der Waals surface area contributed by atoms with E-state index in [4.69, 9.17) is 9.47 Å². The zero-order valence-electron chi connectivity index (χ0n) is 11.9. The summed E-state index contributed by atoms with van der Waals surface area (Å²) in [5.74, 6) is 0.733. The van der Waals surface area contributed by atoms with E-state index in [-0.39, 0.29) is 18.2 Å². The molecule has 0 bridgehead atoms. The molecular formula is C14H19BrN2O3. The predicted molar refractivity (Wildman–Crippen MR) is 81.3 cm³/mol. The molecule has 2 rings (SSSR count). The van der Waals surface area contributed by atoms with E-state index >= 15 is 0 Å². The molecule has 1 aromatic carbocycles. The van der Waals surface area contributed by atoms with Gasteiger partial charge in [-0.15, -0.1) is 0 Å². The third-order valence-corrected chi connectivity index (χ3v) is 3.73. The Kier molecular flexibility index (Phi) is 4.88. The Labute approximate surface area is 127 Å². The zero-order valence-corrected chi connectivity index (χ0v) is 13.4. The average molecular weight is 343 g/mol. The van der Waals surface area contributed by atoms with Gasteiger partial charge >= 0.3 is 6.03 Å². The molecule has 0 aliphatic carbocycles. The minimum atomic E-state index is -0.107. The minimum Gasteiger partial charge on any atom is -0.496 e. The van der Waals surface area contributed by atoms with Gasteiger partial charge in [0, 0.05) is 18.8 Å². The van der Waals surface area contributed by atoms with Gasteiger partial charge < -0.3 is 19.7 Å². The summed E-state index contributed by atoms with van der Waals surface area (Å²) in [7, 11) is 1.61. The lowest BCUT2D eigenvalue weighted by molar-refractivity contribution is -0.0530. The molecule has 0 saturated carbocycles. The van der Waals surface area contributed by atoms with Crippen molar-refractivity contribution in [1.82, 2.24) is 4.90 Å². The van der Waals surface area contributed by atoms with Crippen LogP contribution in [0.3, 0.4) is 0 Å². The summed E-state index contributed by atoms with van der Waals surface area (Å²) in [6, 6.07) is 5.34. The summed E-state index contributed by atoms with van der Waals surface area (Å²) >= 11 is 3.40. The molecule has 110 valence electrons. The number of methoxy groups -OCH3 is 1. The van der Waals surface area contributed by atoms with Crippen LogP contribution in [-0.2, 0) is 4.74 Å². The number of anilines is 1. The number of rotatable bonds is 2. The van der Waals surface area contributed by atoms with Crippen LogP contribution in [0, 0.1) is 0 Å². The summed E-state index contributed by atoms with van der Waals surface area (Å²) in [6.45, 7) is 5.15. The molecule has 1 aliphatic rings. The van der Waals surface area contributed by atoms with E-state index in [1.54, 1.807) is 12.0 Å². The van der Waals surface area contributed by atoms with E-state index in [2.05, 4.69) is 21.2 Å².